The van der Waals surface area contributed by atoms with E-state index in [2.05, 4.69) is 11.4 Å². The van der Waals surface area contributed by atoms with Gasteiger partial charge in [-0.25, -0.2) is 9.89 Å². The zero-order valence-corrected chi connectivity index (χ0v) is 12.1. The Balaban J connectivity index is 2.71. The van der Waals surface area contributed by atoms with E-state index in [9.17, 15) is 14.4 Å². The molecule has 1 aromatic heterocycles. The topological polar surface area (TPSA) is 97.3 Å². The smallest absolute Gasteiger partial charge is 0.410 e. The van der Waals surface area contributed by atoms with Gasteiger partial charge in [-0.05, 0) is 27.7 Å². The minimum absolute atomic E-state index is 0.128. The van der Waals surface area contributed by atoms with Crippen molar-refractivity contribution in [3.8, 4) is 0 Å². The van der Waals surface area contributed by atoms with E-state index in [4.69, 9.17) is 4.74 Å². The first-order chi connectivity index (χ1) is 9.24. The molecule has 0 atom stereocenters. The Morgan fingerprint density at radius 3 is 2.65 bits per heavy atom. The number of hydrogen-bond acceptors (Lipinski definition) is 5. The Labute approximate surface area is 116 Å². The largest absolute Gasteiger partial charge is 0.444 e. The fraction of sp³-hybridized carbons (Fsp3) is 0.667. The first-order valence-electron chi connectivity index (χ1n) is 6.29. The number of rotatable bonds is 4. The predicted molar refractivity (Wildman–Crippen MR) is 71.4 cm³/mol. The molecule has 0 saturated heterocycles. The molecule has 1 amide bonds. The van der Waals surface area contributed by atoms with E-state index >= 15 is 0 Å². The van der Waals surface area contributed by atoms with Gasteiger partial charge < -0.3 is 9.64 Å². The summed E-state index contributed by atoms with van der Waals surface area (Å²) in [5.41, 5.74) is -2.15. The molecule has 0 bridgehead atoms. The number of ether oxygens (including phenoxy) is 1. The average Bonchev–Trinajstić information content (AvgIpc) is 2.32. The number of carbonyl (C=O) groups excluding carboxylic acids is 1. The number of aromatic nitrogens is 3. The van der Waals surface area contributed by atoms with Crippen LogP contribution in [0.25, 0.3) is 0 Å². The molecule has 0 aliphatic rings. The molecule has 1 N–H and O–H groups in total. The standard InChI is InChI=1S/C12H19N4O4/c1-5-15(11(19)20-12(2,3)4)6-7-16-8-13-14-9(17)10(16)18/h5-7H2,1-4H3,(H,14,17). The third-order valence-corrected chi connectivity index (χ3v) is 2.39. The summed E-state index contributed by atoms with van der Waals surface area (Å²) in [6.45, 7) is 7.91. The summed E-state index contributed by atoms with van der Waals surface area (Å²) >= 11 is 0. The molecule has 1 rings (SSSR count). The van der Waals surface area contributed by atoms with Crippen molar-refractivity contribution in [2.45, 2.75) is 39.8 Å². The molecular formula is C12H19N4O4. The van der Waals surface area contributed by atoms with Gasteiger partial charge in [0, 0.05) is 19.6 Å². The molecule has 0 spiro atoms. The SMILES string of the molecule is CCN(CCn1[c]n[nH]c(=O)c1=O)C(=O)OC(C)(C)C. The summed E-state index contributed by atoms with van der Waals surface area (Å²) in [6.07, 6.45) is 1.90. The zero-order chi connectivity index (χ0) is 15.3. The normalized spacial score (nSPS) is 11.2. The van der Waals surface area contributed by atoms with Crippen LogP contribution in [0.15, 0.2) is 9.59 Å². The first kappa shape index (κ1) is 15.9. The second kappa shape index (κ2) is 6.36. The number of nitrogens with zero attached hydrogens (tertiary/aromatic N) is 3. The van der Waals surface area contributed by atoms with Crippen molar-refractivity contribution in [2.24, 2.45) is 0 Å². The Hall–Kier alpha value is -2.12. The molecule has 0 aliphatic carbocycles. The minimum Gasteiger partial charge on any atom is -0.444 e. The quantitative estimate of drug-likeness (QED) is 0.784. The van der Waals surface area contributed by atoms with Gasteiger partial charge in [-0.1, -0.05) is 0 Å². The summed E-state index contributed by atoms with van der Waals surface area (Å²) in [6, 6.07) is 0. The summed E-state index contributed by atoms with van der Waals surface area (Å²) in [4.78, 5) is 35.9. The van der Waals surface area contributed by atoms with E-state index in [1.54, 1.807) is 27.7 Å². The summed E-state index contributed by atoms with van der Waals surface area (Å²) < 4.78 is 6.27. The fourth-order valence-corrected chi connectivity index (χ4v) is 1.43. The summed E-state index contributed by atoms with van der Waals surface area (Å²) in [5.74, 6) is 0. The molecule has 0 aromatic carbocycles. The lowest BCUT2D eigenvalue weighted by atomic mass is 10.2. The molecule has 1 heterocycles. The van der Waals surface area contributed by atoms with Crippen molar-refractivity contribution in [3.63, 3.8) is 0 Å². The van der Waals surface area contributed by atoms with Crippen LogP contribution in [0.3, 0.4) is 0 Å². The lowest BCUT2D eigenvalue weighted by Gasteiger charge is -2.26. The van der Waals surface area contributed by atoms with Gasteiger partial charge in [0.15, 0.2) is 0 Å². The van der Waals surface area contributed by atoms with E-state index in [0.717, 1.165) is 4.57 Å². The number of H-pyrrole nitrogens is 1. The Bertz CT molecular complexity index is 570. The van der Waals surface area contributed by atoms with Gasteiger partial charge >= 0.3 is 17.2 Å². The molecule has 20 heavy (non-hydrogen) atoms. The highest BCUT2D eigenvalue weighted by Gasteiger charge is 2.21. The molecule has 0 aliphatic heterocycles. The third kappa shape index (κ3) is 4.52. The van der Waals surface area contributed by atoms with Crippen molar-refractivity contribution >= 4 is 6.09 Å². The van der Waals surface area contributed by atoms with E-state index in [0.29, 0.717) is 6.54 Å². The number of likely N-dealkylation sites (N-methyl/N-ethyl adjacent to an activating group) is 1. The molecule has 1 aromatic rings. The Morgan fingerprint density at radius 2 is 2.10 bits per heavy atom. The van der Waals surface area contributed by atoms with Crippen molar-refractivity contribution in [1.29, 1.82) is 0 Å². The Morgan fingerprint density at radius 1 is 1.45 bits per heavy atom. The molecular weight excluding hydrogens is 264 g/mol. The highest BCUT2D eigenvalue weighted by Crippen LogP contribution is 2.09. The van der Waals surface area contributed by atoms with Gasteiger partial charge in [-0.2, -0.15) is 5.10 Å². The maximum atomic E-state index is 11.9. The second-order valence-corrected chi connectivity index (χ2v) is 5.17. The van der Waals surface area contributed by atoms with Crippen LogP contribution in [0, 0.1) is 6.33 Å². The highest BCUT2D eigenvalue weighted by atomic mass is 16.6. The minimum atomic E-state index is -0.816. The number of amides is 1. The van der Waals surface area contributed by atoms with Crippen molar-refractivity contribution in [3.05, 3.63) is 27.0 Å². The van der Waals surface area contributed by atoms with Crippen molar-refractivity contribution in [1.82, 2.24) is 19.7 Å². The number of nitrogens with one attached hydrogen (secondary N) is 1. The second-order valence-electron chi connectivity index (χ2n) is 5.17. The fourth-order valence-electron chi connectivity index (χ4n) is 1.43. The van der Waals surface area contributed by atoms with Crippen molar-refractivity contribution in [2.75, 3.05) is 13.1 Å². The van der Waals surface area contributed by atoms with Gasteiger partial charge in [0.25, 0.3) is 0 Å². The number of aromatic amines is 1. The van der Waals surface area contributed by atoms with Crippen LogP contribution in [0.2, 0.25) is 0 Å². The van der Waals surface area contributed by atoms with Gasteiger partial charge in [0.1, 0.15) is 5.60 Å². The van der Waals surface area contributed by atoms with Gasteiger partial charge in [-0.3, -0.25) is 14.2 Å². The lowest BCUT2D eigenvalue weighted by molar-refractivity contribution is 0.0253. The van der Waals surface area contributed by atoms with Crippen LogP contribution in [0.1, 0.15) is 27.7 Å². The molecule has 1 radical (unpaired) electrons. The predicted octanol–water partition coefficient (Wildman–Crippen LogP) is -0.0112. The monoisotopic (exact) mass is 283 g/mol. The lowest BCUT2D eigenvalue weighted by Crippen LogP contribution is -2.42. The summed E-state index contributed by atoms with van der Waals surface area (Å²) in [7, 11) is 0. The van der Waals surface area contributed by atoms with E-state index < -0.39 is 22.8 Å². The van der Waals surface area contributed by atoms with Crippen LogP contribution in [0.4, 0.5) is 4.79 Å². The number of carbonyl (C=O) groups is 1. The zero-order valence-electron chi connectivity index (χ0n) is 12.1. The molecule has 8 heteroatoms. The van der Waals surface area contributed by atoms with Crippen LogP contribution in [0.5, 0.6) is 0 Å². The molecule has 8 nitrogen and oxygen atoms in total. The molecule has 0 fully saturated rings. The third-order valence-electron chi connectivity index (χ3n) is 2.39. The van der Waals surface area contributed by atoms with Gasteiger partial charge in [0.2, 0.25) is 6.33 Å². The maximum absolute atomic E-state index is 11.9. The van der Waals surface area contributed by atoms with E-state index in [1.165, 1.54) is 4.90 Å². The molecule has 0 saturated carbocycles. The number of hydrogen-bond donors (Lipinski definition) is 1. The molecule has 111 valence electrons. The maximum Gasteiger partial charge on any atom is 0.410 e. The first-order valence-corrected chi connectivity index (χ1v) is 6.29. The van der Waals surface area contributed by atoms with Crippen LogP contribution in [-0.2, 0) is 11.3 Å². The summed E-state index contributed by atoms with van der Waals surface area (Å²) in [5, 5.41) is 5.41. The van der Waals surface area contributed by atoms with Crippen molar-refractivity contribution < 1.29 is 9.53 Å². The van der Waals surface area contributed by atoms with Crippen LogP contribution >= 0.6 is 0 Å². The Kier molecular flexibility index (Phi) is 5.06. The highest BCUT2D eigenvalue weighted by molar-refractivity contribution is 5.68. The van der Waals surface area contributed by atoms with E-state index in [-0.39, 0.29) is 13.1 Å². The van der Waals surface area contributed by atoms with E-state index in [1.807, 2.05) is 5.10 Å². The van der Waals surface area contributed by atoms with Gasteiger partial charge in [-0.15, -0.1) is 0 Å². The average molecular weight is 283 g/mol. The van der Waals surface area contributed by atoms with Gasteiger partial charge in [0.05, 0.1) is 0 Å². The van der Waals surface area contributed by atoms with Crippen LogP contribution < -0.4 is 11.1 Å². The molecule has 0 unspecified atom stereocenters. The van der Waals surface area contributed by atoms with Crippen LogP contribution in [-0.4, -0.2) is 44.4 Å².